The van der Waals surface area contributed by atoms with Crippen LogP contribution >= 0.6 is 0 Å². The molecule has 1 amide bonds. The summed E-state index contributed by atoms with van der Waals surface area (Å²) in [6.07, 6.45) is 1.79. The van der Waals surface area contributed by atoms with E-state index in [0.29, 0.717) is 35.0 Å². The summed E-state index contributed by atoms with van der Waals surface area (Å²) >= 11 is 0. The molecule has 0 saturated carbocycles. The highest BCUT2D eigenvalue weighted by Gasteiger charge is 2.38. The molecular weight excluding hydrogens is 453 g/mol. The van der Waals surface area contributed by atoms with E-state index < -0.39 is 49.9 Å². The molecule has 2 saturated heterocycles. The molecule has 31 heavy (non-hydrogen) atoms. The summed E-state index contributed by atoms with van der Waals surface area (Å²) in [7, 11) is -7.56. The number of hydrogen-bond acceptors (Lipinski definition) is 7. The molecule has 0 aliphatic carbocycles. The minimum absolute atomic E-state index is 0.00373. The third kappa shape index (κ3) is 4.12. The van der Waals surface area contributed by atoms with E-state index in [4.69, 9.17) is 4.74 Å². The summed E-state index contributed by atoms with van der Waals surface area (Å²) in [6.45, 7) is 0.335. The topological polar surface area (TPSA) is 133 Å². The molecule has 0 bridgehead atoms. The normalized spacial score (nSPS) is 21.5. The lowest BCUT2D eigenvalue weighted by Crippen LogP contribution is -2.30. The number of anilines is 1. The lowest BCUT2D eigenvalue weighted by molar-refractivity contribution is -0.117. The Kier molecular flexibility index (Phi) is 5.22. The molecule has 2 aromatic carbocycles. The van der Waals surface area contributed by atoms with Crippen LogP contribution in [0.15, 0.2) is 24.3 Å². The lowest BCUT2D eigenvalue weighted by atomic mass is 10.1. The largest absolute Gasteiger partial charge is 0.506 e. The Morgan fingerprint density at radius 1 is 1.32 bits per heavy atom. The van der Waals surface area contributed by atoms with Crippen molar-refractivity contribution in [3.8, 4) is 11.5 Å². The number of amides is 1. The molecule has 2 fully saturated rings. The maximum absolute atomic E-state index is 15.2. The zero-order valence-electron chi connectivity index (χ0n) is 16.4. The van der Waals surface area contributed by atoms with Gasteiger partial charge in [-0.25, -0.2) is 26.1 Å². The zero-order chi connectivity index (χ0) is 22.6. The van der Waals surface area contributed by atoms with Gasteiger partial charge in [-0.3, -0.25) is 4.79 Å². The quantitative estimate of drug-likeness (QED) is 0.647. The smallest absolute Gasteiger partial charge is 0.326 e. The van der Waals surface area contributed by atoms with Crippen molar-refractivity contribution < 1.29 is 35.9 Å². The minimum atomic E-state index is -4.30. The number of sulfonamides is 1. The summed E-state index contributed by atoms with van der Waals surface area (Å²) in [5.41, 5.74) is -0.623. The Balaban J connectivity index is 1.60. The van der Waals surface area contributed by atoms with Crippen LogP contribution in [-0.2, 0) is 25.0 Å². The number of carbonyl (C=O) groups excluding carboxylic acids is 1. The van der Waals surface area contributed by atoms with Crippen LogP contribution in [0.3, 0.4) is 0 Å². The van der Waals surface area contributed by atoms with Crippen molar-refractivity contribution in [2.24, 2.45) is 5.92 Å². The number of aromatic hydroxyl groups is 1. The molecule has 1 unspecified atom stereocenters. The van der Waals surface area contributed by atoms with Crippen LogP contribution in [0.4, 0.5) is 10.1 Å². The number of fused-ring (bicyclic) bond motifs is 1. The zero-order valence-corrected chi connectivity index (χ0v) is 18.0. The molecule has 1 atom stereocenters. The first kappa shape index (κ1) is 21.6. The van der Waals surface area contributed by atoms with Crippen molar-refractivity contribution in [3.63, 3.8) is 0 Å². The summed E-state index contributed by atoms with van der Waals surface area (Å²) in [5, 5.41) is 10.5. The van der Waals surface area contributed by atoms with E-state index in [2.05, 4.69) is 0 Å². The van der Waals surface area contributed by atoms with Gasteiger partial charge in [0.15, 0.2) is 5.82 Å². The second-order valence-electron chi connectivity index (χ2n) is 7.56. The fraction of sp³-hybridized carbons (Fsp3) is 0.389. The van der Waals surface area contributed by atoms with Crippen molar-refractivity contribution in [1.82, 2.24) is 9.03 Å². The van der Waals surface area contributed by atoms with E-state index in [-0.39, 0.29) is 17.9 Å². The van der Waals surface area contributed by atoms with Gasteiger partial charge in [0.2, 0.25) is 10.0 Å². The Bertz CT molecular complexity index is 1280. The van der Waals surface area contributed by atoms with Crippen molar-refractivity contribution >= 4 is 42.6 Å². The van der Waals surface area contributed by atoms with Gasteiger partial charge < -0.3 is 9.84 Å². The molecule has 2 N–H and O–H groups in total. The van der Waals surface area contributed by atoms with Crippen LogP contribution in [0.5, 0.6) is 11.5 Å². The second-order valence-corrected chi connectivity index (χ2v) is 11.1. The number of phenols is 1. The van der Waals surface area contributed by atoms with Crippen LogP contribution < -0.4 is 13.8 Å². The molecule has 4 rings (SSSR count). The summed E-state index contributed by atoms with van der Waals surface area (Å²) in [5.74, 6) is -2.18. The Morgan fingerprint density at radius 2 is 2.06 bits per heavy atom. The van der Waals surface area contributed by atoms with Gasteiger partial charge in [-0.15, -0.1) is 0 Å². The molecule has 168 valence electrons. The molecular formula is C18H20FN3O7S2. The molecule has 0 radical (unpaired) electrons. The van der Waals surface area contributed by atoms with Crippen LogP contribution in [0.2, 0.25) is 0 Å². The van der Waals surface area contributed by atoms with Gasteiger partial charge in [-0.05, 0) is 30.0 Å². The standard InChI is InChI=1S/C18H20FN3O7S2/c1-30(25,26)21-5-4-11(8-21)10-29-13-3-2-12-6-15(23)18(17(19)14(12)7-13)22-9-16(24)20-31(22,27)28/h2-3,6-7,11,23H,4-5,8-10H2,1H3,(H,20,24). The van der Waals surface area contributed by atoms with Gasteiger partial charge in [0.1, 0.15) is 23.7 Å². The lowest BCUT2D eigenvalue weighted by Gasteiger charge is -2.18. The first-order valence-corrected chi connectivity index (χ1v) is 12.6. The van der Waals surface area contributed by atoms with Crippen molar-refractivity contribution in [2.75, 3.05) is 36.8 Å². The maximum Gasteiger partial charge on any atom is 0.326 e. The molecule has 10 nitrogen and oxygen atoms in total. The van der Waals surface area contributed by atoms with E-state index in [0.717, 1.165) is 6.26 Å². The molecule has 2 aromatic rings. The van der Waals surface area contributed by atoms with Gasteiger partial charge >= 0.3 is 10.2 Å². The summed E-state index contributed by atoms with van der Waals surface area (Å²) in [6, 6.07) is 5.66. The van der Waals surface area contributed by atoms with Gasteiger partial charge in [0, 0.05) is 24.4 Å². The van der Waals surface area contributed by atoms with E-state index >= 15 is 4.39 Å². The van der Waals surface area contributed by atoms with E-state index in [1.165, 1.54) is 22.5 Å². The van der Waals surface area contributed by atoms with Gasteiger partial charge in [0.05, 0.1) is 12.9 Å². The Morgan fingerprint density at radius 3 is 2.68 bits per heavy atom. The molecule has 13 heteroatoms. The number of halogens is 1. The maximum atomic E-state index is 15.2. The molecule has 2 aliphatic heterocycles. The van der Waals surface area contributed by atoms with Crippen molar-refractivity contribution in [1.29, 1.82) is 0 Å². The van der Waals surface area contributed by atoms with E-state index in [1.807, 2.05) is 0 Å². The van der Waals surface area contributed by atoms with Crippen molar-refractivity contribution in [2.45, 2.75) is 6.42 Å². The number of nitrogens with one attached hydrogen (secondary N) is 1. The van der Waals surface area contributed by atoms with Crippen LogP contribution in [0.25, 0.3) is 10.8 Å². The predicted molar refractivity (Wildman–Crippen MR) is 110 cm³/mol. The van der Waals surface area contributed by atoms with E-state index in [9.17, 15) is 26.7 Å². The molecule has 2 heterocycles. The number of carbonyl (C=O) groups is 1. The van der Waals surface area contributed by atoms with Gasteiger partial charge in [-0.2, -0.15) is 8.42 Å². The van der Waals surface area contributed by atoms with Gasteiger partial charge in [0.25, 0.3) is 5.91 Å². The van der Waals surface area contributed by atoms with Crippen molar-refractivity contribution in [3.05, 3.63) is 30.1 Å². The number of phenolic OH excluding ortho intramolecular Hbond substituents is 1. The number of ether oxygens (including phenoxy) is 1. The van der Waals surface area contributed by atoms with Crippen LogP contribution in [-0.4, -0.2) is 64.7 Å². The third-order valence-electron chi connectivity index (χ3n) is 5.28. The Hall–Kier alpha value is -2.64. The highest BCUT2D eigenvalue weighted by Crippen LogP contribution is 2.39. The average molecular weight is 474 g/mol. The van der Waals surface area contributed by atoms with Gasteiger partial charge in [-0.1, -0.05) is 6.07 Å². The fourth-order valence-corrected chi connectivity index (χ4v) is 5.81. The molecule has 2 aliphatic rings. The highest BCUT2D eigenvalue weighted by molar-refractivity contribution is 7.92. The highest BCUT2D eigenvalue weighted by atomic mass is 32.2. The third-order valence-corrected chi connectivity index (χ3v) is 7.92. The first-order chi connectivity index (χ1) is 14.5. The minimum Gasteiger partial charge on any atom is -0.506 e. The number of benzene rings is 2. The number of hydrogen-bond donors (Lipinski definition) is 2. The predicted octanol–water partition coefficient (Wildman–Crippen LogP) is 0.526. The molecule has 0 spiro atoms. The molecule has 0 aromatic heterocycles. The number of rotatable bonds is 5. The number of nitrogens with zero attached hydrogens (tertiary/aromatic N) is 2. The second kappa shape index (κ2) is 7.50. The Labute approximate surface area is 178 Å². The summed E-state index contributed by atoms with van der Waals surface area (Å²) in [4.78, 5) is 11.5. The summed E-state index contributed by atoms with van der Waals surface area (Å²) < 4.78 is 71.9. The monoisotopic (exact) mass is 473 g/mol. The van der Waals surface area contributed by atoms with Crippen LogP contribution in [0, 0.1) is 11.7 Å². The fourth-order valence-electron chi connectivity index (χ4n) is 3.73. The van der Waals surface area contributed by atoms with Crippen LogP contribution in [0.1, 0.15) is 6.42 Å². The average Bonchev–Trinajstić information content (AvgIpc) is 3.24. The first-order valence-electron chi connectivity index (χ1n) is 9.32. The van der Waals surface area contributed by atoms with E-state index in [1.54, 1.807) is 10.8 Å². The SMILES string of the molecule is CS(=O)(=O)N1CCC(COc2ccc3cc(O)c(N4CC(=O)NS4(=O)=O)c(F)c3c2)C1.